The van der Waals surface area contributed by atoms with Crippen molar-refractivity contribution in [2.75, 3.05) is 6.61 Å². The molecule has 2 aliphatic rings. The van der Waals surface area contributed by atoms with Gasteiger partial charge in [-0.1, -0.05) is 0 Å². The molecule has 0 heterocycles. The third-order valence-electron chi connectivity index (χ3n) is 2.82. The Morgan fingerprint density at radius 2 is 1.78 bits per heavy atom. The van der Waals surface area contributed by atoms with E-state index in [9.17, 15) is 0 Å². The summed E-state index contributed by atoms with van der Waals surface area (Å²) >= 11 is 0. The van der Waals surface area contributed by atoms with Crippen molar-refractivity contribution in [2.45, 2.75) is 25.7 Å². The van der Waals surface area contributed by atoms with Gasteiger partial charge in [0.2, 0.25) is 0 Å². The van der Waals surface area contributed by atoms with Crippen LogP contribution in [0, 0.1) is 17.8 Å². The summed E-state index contributed by atoms with van der Waals surface area (Å²) in [5, 5.41) is 8.71. The van der Waals surface area contributed by atoms with E-state index in [1.807, 2.05) is 0 Å². The van der Waals surface area contributed by atoms with Gasteiger partial charge in [0.1, 0.15) is 0 Å². The number of hydrogen-bond donors (Lipinski definition) is 1. The molecule has 0 atom stereocenters. The van der Waals surface area contributed by atoms with Gasteiger partial charge in [-0.05, 0) is 43.4 Å². The first-order chi connectivity index (χ1) is 4.40. The summed E-state index contributed by atoms with van der Waals surface area (Å²) in [6, 6.07) is 0. The molecule has 2 saturated carbocycles. The van der Waals surface area contributed by atoms with Gasteiger partial charge in [-0.15, -0.1) is 0 Å². The molecule has 0 aliphatic heterocycles. The van der Waals surface area contributed by atoms with Gasteiger partial charge in [-0.25, -0.2) is 0 Å². The summed E-state index contributed by atoms with van der Waals surface area (Å²) in [4.78, 5) is 0. The van der Waals surface area contributed by atoms with E-state index in [1.54, 1.807) is 0 Å². The molecule has 1 nitrogen and oxygen atoms in total. The van der Waals surface area contributed by atoms with Crippen molar-refractivity contribution in [2.24, 2.45) is 17.8 Å². The summed E-state index contributed by atoms with van der Waals surface area (Å²) < 4.78 is 0. The molecule has 9 heavy (non-hydrogen) atoms. The quantitative estimate of drug-likeness (QED) is 0.593. The van der Waals surface area contributed by atoms with E-state index in [-0.39, 0.29) is 0 Å². The van der Waals surface area contributed by atoms with Crippen molar-refractivity contribution in [1.82, 2.24) is 0 Å². The normalized spacial score (nSPS) is 42.3. The molecule has 0 bridgehead atoms. The third kappa shape index (κ3) is 0.983. The minimum Gasteiger partial charge on any atom is -0.396 e. The maximum absolute atomic E-state index is 8.71. The molecule has 1 N–H and O–H groups in total. The van der Waals surface area contributed by atoms with E-state index >= 15 is 0 Å². The molecule has 52 valence electrons. The van der Waals surface area contributed by atoms with Crippen LogP contribution >= 0.6 is 0 Å². The molecule has 0 amide bonds. The van der Waals surface area contributed by atoms with Crippen LogP contribution < -0.4 is 0 Å². The first-order valence-corrected chi connectivity index (χ1v) is 4.01. The Bertz CT molecular complexity index is 101. The Morgan fingerprint density at radius 1 is 1.11 bits per heavy atom. The lowest BCUT2D eigenvalue weighted by molar-refractivity contribution is 0.0947. The van der Waals surface area contributed by atoms with E-state index < -0.39 is 0 Å². The Balaban J connectivity index is 1.71. The van der Waals surface area contributed by atoms with Crippen molar-refractivity contribution in [3.8, 4) is 0 Å². The van der Waals surface area contributed by atoms with Crippen molar-refractivity contribution in [3.63, 3.8) is 0 Å². The smallest absolute Gasteiger partial charge is 0.0459 e. The van der Waals surface area contributed by atoms with Crippen LogP contribution in [0.4, 0.5) is 0 Å². The van der Waals surface area contributed by atoms with Crippen LogP contribution in [0.25, 0.3) is 0 Å². The topological polar surface area (TPSA) is 20.2 Å². The third-order valence-corrected chi connectivity index (χ3v) is 2.82. The summed E-state index contributed by atoms with van der Waals surface area (Å²) in [7, 11) is 0. The van der Waals surface area contributed by atoms with Gasteiger partial charge in [0.25, 0.3) is 0 Å². The number of aliphatic hydroxyl groups excluding tert-OH is 1. The van der Waals surface area contributed by atoms with Gasteiger partial charge in [0.05, 0.1) is 0 Å². The maximum Gasteiger partial charge on any atom is 0.0459 e. The fraction of sp³-hybridized carbons (Fsp3) is 1.00. The minimum absolute atomic E-state index is 0.434. The maximum atomic E-state index is 8.71. The first kappa shape index (κ1) is 5.72. The fourth-order valence-corrected chi connectivity index (χ4v) is 1.89. The Hall–Kier alpha value is -0.0400. The first-order valence-electron chi connectivity index (χ1n) is 4.01. The minimum atomic E-state index is 0.434. The highest BCUT2D eigenvalue weighted by Crippen LogP contribution is 2.49. The lowest BCUT2D eigenvalue weighted by atomic mass is 9.73. The Labute approximate surface area is 56.1 Å². The summed E-state index contributed by atoms with van der Waals surface area (Å²) in [5.74, 6) is 2.77. The Morgan fingerprint density at radius 3 is 2.22 bits per heavy atom. The van der Waals surface area contributed by atoms with E-state index in [0.717, 1.165) is 11.8 Å². The molecular weight excluding hydrogens is 112 g/mol. The zero-order valence-electron chi connectivity index (χ0n) is 5.71. The van der Waals surface area contributed by atoms with Crippen LogP contribution in [0.15, 0.2) is 0 Å². The molecule has 2 aliphatic carbocycles. The fourth-order valence-electron chi connectivity index (χ4n) is 1.89. The predicted molar refractivity (Wildman–Crippen MR) is 36.0 cm³/mol. The highest BCUT2D eigenvalue weighted by Gasteiger charge is 2.39. The van der Waals surface area contributed by atoms with Crippen molar-refractivity contribution in [1.29, 1.82) is 0 Å². The molecule has 0 radical (unpaired) electrons. The van der Waals surface area contributed by atoms with Crippen molar-refractivity contribution >= 4 is 0 Å². The standard InChI is InChI=1S/C8H14O/c9-5-6-3-8(4-6)7-1-2-7/h6-9H,1-5H2. The highest BCUT2D eigenvalue weighted by molar-refractivity contribution is 4.90. The van der Waals surface area contributed by atoms with Crippen LogP contribution in [0.3, 0.4) is 0 Å². The van der Waals surface area contributed by atoms with E-state index in [2.05, 4.69) is 0 Å². The van der Waals surface area contributed by atoms with Crippen LogP contribution in [0.5, 0.6) is 0 Å². The molecule has 0 spiro atoms. The van der Waals surface area contributed by atoms with Crippen LogP contribution in [-0.4, -0.2) is 11.7 Å². The van der Waals surface area contributed by atoms with Gasteiger partial charge in [0, 0.05) is 6.61 Å². The zero-order valence-corrected chi connectivity index (χ0v) is 5.71. The molecule has 0 aromatic heterocycles. The van der Waals surface area contributed by atoms with E-state index in [1.165, 1.54) is 25.7 Å². The SMILES string of the molecule is OCC1CC(C2CC2)C1. The zero-order chi connectivity index (χ0) is 6.27. The monoisotopic (exact) mass is 126 g/mol. The molecule has 0 unspecified atom stereocenters. The van der Waals surface area contributed by atoms with Gasteiger partial charge < -0.3 is 5.11 Å². The van der Waals surface area contributed by atoms with Gasteiger partial charge in [-0.2, -0.15) is 0 Å². The number of rotatable bonds is 2. The van der Waals surface area contributed by atoms with Crippen molar-refractivity contribution in [3.05, 3.63) is 0 Å². The average molecular weight is 126 g/mol. The lowest BCUT2D eigenvalue weighted by Gasteiger charge is -2.34. The second kappa shape index (κ2) is 1.98. The summed E-state index contributed by atoms with van der Waals surface area (Å²) in [5.41, 5.74) is 0. The van der Waals surface area contributed by atoms with Crippen LogP contribution in [-0.2, 0) is 0 Å². The molecule has 1 heteroatoms. The van der Waals surface area contributed by atoms with Crippen LogP contribution in [0.2, 0.25) is 0 Å². The van der Waals surface area contributed by atoms with E-state index in [4.69, 9.17) is 5.11 Å². The second-order valence-electron chi connectivity index (χ2n) is 3.62. The van der Waals surface area contributed by atoms with Gasteiger partial charge in [-0.3, -0.25) is 0 Å². The van der Waals surface area contributed by atoms with Gasteiger partial charge in [0.15, 0.2) is 0 Å². The van der Waals surface area contributed by atoms with E-state index in [0.29, 0.717) is 12.5 Å². The highest BCUT2D eigenvalue weighted by atomic mass is 16.3. The Kier molecular flexibility index (Phi) is 1.26. The number of hydrogen-bond acceptors (Lipinski definition) is 1. The largest absolute Gasteiger partial charge is 0.396 e. The number of aliphatic hydroxyl groups is 1. The molecule has 0 aromatic carbocycles. The van der Waals surface area contributed by atoms with Gasteiger partial charge >= 0.3 is 0 Å². The molecular formula is C8H14O. The second-order valence-corrected chi connectivity index (χ2v) is 3.62. The molecule has 2 fully saturated rings. The summed E-state index contributed by atoms with van der Waals surface area (Å²) in [6.07, 6.45) is 5.59. The van der Waals surface area contributed by atoms with Crippen LogP contribution in [0.1, 0.15) is 25.7 Å². The predicted octanol–water partition coefficient (Wildman–Crippen LogP) is 1.41. The molecule has 0 aromatic rings. The summed E-state index contributed by atoms with van der Waals surface area (Å²) in [6.45, 7) is 0.434. The van der Waals surface area contributed by atoms with Crippen molar-refractivity contribution < 1.29 is 5.11 Å². The lowest BCUT2D eigenvalue weighted by Crippen LogP contribution is -2.27. The molecule has 0 saturated heterocycles. The average Bonchev–Trinajstić information content (AvgIpc) is 2.46. The molecule has 2 rings (SSSR count).